The molecule has 0 aromatic heterocycles. The third-order valence-electron chi connectivity index (χ3n) is 1.61. The van der Waals surface area contributed by atoms with E-state index in [2.05, 4.69) is 0 Å². The minimum Gasteiger partial charge on any atom is -0.294 e. The maximum Gasteiger partial charge on any atom is 0.168 e. The second-order valence-corrected chi connectivity index (χ2v) is 2.52. The van der Waals surface area contributed by atoms with Crippen molar-refractivity contribution in [3.63, 3.8) is 0 Å². The molecule has 4 heteroatoms. The molecule has 1 nitrogen and oxygen atoms in total. The Kier molecular flexibility index (Phi) is 2.70. The molecule has 13 heavy (non-hydrogen) atoms. The standard InChI is InChI=1S/C9H7F3O/c1-2-8(13)9-6(11)3-5(10)4-7(9)12/h3-4H,2H2,1H3. The van der Waals surface area contributed by atoms with Crippen LogP contribution in [0, 0.1) is 17.5 Å². The van der Waals surface area contributed by atoms with Gasteiger partial charge in [0, 0.05) is 18.6 Å². The highest BCUT2D eigenvalue weighted by atomic mass is 19.1. The molecule has 0 bridgehead atoms. The lowest BCUT2D eigenvalue weighted by Crippen LogP contribution is -2.05. The molecule has 70 valence electrons. The normalized spacial score (nSPS) is 10.2. The Balaban J connectivity index is 3.28. The van der Waals surface area contributed by atoms with Gasteiger partial charge in [-0.15, -0.1) is 0 Å². The Labute approximate surface area is 73.2 Å². The van der Waals surface area contributed by atoms with Crippen LogP contribution in [0.1, 0.15) is 23.7 Å². The molecule has 0 spiro atoms. The number of carbonyl (C=O) groups is 1. The number of Topliss-reactive ketones (excluding diaryl/α,β-unsaturated/α-hetero) is 1. The number of carbonyl (C=O) groups excluding carboxylic acids is 1. The second kappa shape index (κ2) is 3.60. The SMILES string of the molecule is CCC(=O)c1c(F)cc(F)cc1F. The van der Waals surface area contributed by atoms with Gasteiger partial charge in [0.25, 0.3) is 0 Å². The Morgan fingerprint density at radius 3 is 2.08 bits per heavy atom. The average molecular weight is 188 g/mol. The van der Waals surface area contributed by atoms with Gasteiger partial charge in [-0.3, -0.25) is 4.79 Å². The lowest BCUT2D eigenvalue weighted by Gasteiger charge is -2.01. The van der Waals surface area contributed by atoms with Crippen LogP contribution in [0.5, 0.6) is 0 Å². The van der Waals surface area contributed by atoms with Gasteiger partial charge in [-0.25, -0.2) is 13.2 Å². The quantitative estimate of drug-likeness (QED) is 0.652. The number of hydrogen-bond donors (Lipinski definition) is 0. The van der Waals surface area contributed by atoms with E-state index < -0.39 is 28.8 Å². The predicted octanol–water partition coefficient (Wildman–Crippen LogP) is 2.70. The first-order valence-electron chi connectivity index (χ1n) is 3.74. The van der Waals surface area contributed by atoms with E-state index in [0.717, 1.165) is 0 Å². The van der Waals surface area contributed by atoms with Gasteiger partial charge in [0.2, 0.25) is 0 Å². The van der Waals surface area contributed by atoms with Crippen molar-refractivity contribution in [1.82, 2.24) is 0 Å². The van der Waals surface area contributed by atoms with Crippen LogP contribution in [0.15, 0.2) is 12.1 Å². The molecule has 0 aliphatic heterocycles. The first-order valence-corrected chi connectivity index (χ1v) is 3.74. The summed E-state index contributed by atoms with van der Waals surface area (Å²) in [6.07, 6.45) is -0.0144. The molecule has 1 aromatic rings. The van der Waals surface area contributed by atoms with Crippen molar-refractivity contribution in [3.05, 3.63) is 35.1 Å². The number of halogens is 3. The van der Waals surface area contributed by atoms with Crippen LogP contribution in [-0.2, 0) is 0 Å². The smallest absolute Gasteiger partial charge is 0.168 e. The van der Waals surface area contributed by atoms with E-state index in [9.17, 15) is 18.0 Å². The van der Waals surface area contributed by atoms with Crippen molar-refractivity contribution >= 4 is 5.78 Å². The molecule has 0 aliphatic rings. The zero-order valence-electron chi connectivity index (χ0n) is 6.90. The highest BCUT2D eigenvalue weighted by molar-refractivity contribution is 5.96. The molecule has 0 fully saturated rings. The van der Waals surface area contributed by atoms with E-state index in [1.54, 1.807) is 0 Å². The van der Waals surface area contributed by atoms with Gasteiger partial charge in [0.1, 0.15) is 17.5 Å². The molecule has 0 aliphatic carbocycles. The summed E-state index contributed by atoms with van der Waals surface area (Å²) in [4.78, 5) is 11.0. The topological polar surface area (TPSA) is 17.1 Å². The molecule has 0 N–H and O–H groups in total. The van der Waals surface area contributed by atoms with Crippen LogP contribution in [-0.4, -0.2) is 5.78 Å². The van der Waals surface area contributed by atoms with Gasteiger partial charge in [-0.2, -0.15) is 0 Å². The van der Waals surface area contributed by atoms with Crippen molar-refractivity contribution in [2.24, 2.45) is 0 Å². The van der Waals surface area contributed by atoms with Gasteiger partial charge >= 0.3 is 0 Å². The molecule has 0 atom stereocenters. The summed E-state index contributed by atoms with van der Waals surface area (Å²) in [5, 5.41) is 0. The summed E-state index contributed by atoms with van der Waals surface area (Å²) in [6, 6.07) is 0.984. The van der Waals surface area contributed by atoms with Crippen molar-refractivity contribution in [3.8, 4) is 0 Å². The van der Waals surface area contributed by atoms with Crippen LogP contribution in [0.25, 0.3) is 0 Å². The third-order valence-corrected chi connectivity index (χ3v) is 1.61. The number of benzene rings is 1. The highest BCUT2D eigenvalue weighted by Gasteiger charge is 2.16. The van der Waals surface area contributed by atoms with Gasteiger partial charge < -0.3 is 0 Å². The number of hydrogen-bond acceptors (Lipinski definition) is 1. The van der Waals surface area contributed by atoms with Gasteiger partial charge in [0.15, 0.2) is 5.78 Å². The molecule has 0 saturated carbocycles. The monoisotopic (exact) mass is 188 g/mol. The summed E-state index contributed by atoms with van der Waals surface area (Å²) in [5.74, 6) is -3.99. The molecular formula is C9H7F3O. The maximum absolute atomic E-state index is 12.8. The lowest BCUT2D eigenvalue weighted by molar-refractivity contribution is 0.0980. The van der Waals surface area contributed by atoms with E-state index in [-0.39, 0.29) is 6.42 Å². The summed E-state index contributed by atoms with van der Waals surface area (Å²) < 4.78 is 38.1. The molecule has 0 unspecified atom stereocenters. The second-order valence-electron chi connectivity index (χ2n) is 2.52. The van der Waals surface area contributed by atoms with Crippen LogP contribution in [0.2, 0.25) is 0 Å². The zero-order valence-corrected chi connectivity index (χ0v) is 6.90. The first-order chi connectivity index (χ1) is 6.06. The van der Waals surface area contributed by atoms with Crippen molar-refractivity contribution in [2.75, 3.05) is 0 Å². The maximum atomic E-state index is 12.8. The summed E-state index contributed by atoms with van der Waals surface area (Å²) in [7, 11) is 0. The fourth-order valence-corrected chi connectivity index (χ4v) is 0.985. The minimum absolute atomic E-state index is 0.0144. The Hall–Kier alpha value is -1.32. The van der Waals surface area contributed by atoms with Gasteiger partial charge in [-0.1, -0.05) is 6.92 Å². The summed E-state index contributed by atoms with van der Waals surface area (Å²) >= 11 is 0. The Morgan fingerprint density at radius 1 is 1.23 bits per heavy atom. The fourth-order valence-electron chi connectivity index (χ4n) is 0.985. The van der Waals surface area contributed by atoms with Crippen LogP contribution < -0.4 is 0 Å². The molecule has 0 heterocycles. The van der Waals surface area contributed by atoms with E-state index in [4.69, 9.17) is 0 Å². The molecule has 0 saturated heterocycles. The Bertz CT molecular complexity index is 324. The number of ketones is 1. The van der Waals surface area contributed by atoms with E-state index in [0.29, 0.717) is 12.1 Å². The summed E-state index contributed by atoms with van der Waals surface area (Å²) in [6.45, 7) is 1.48. The van der Waals surface area contributed by atoms with Gasteiger partial charge in [0.05, 0.1) is 5.56 Å². The average Bonchev–Trinajstić information content (AvgIpc) is 2.02. The van der Waals surface area contributed by atoms with Crippen molar-refractivity contribution in [2.45, 2.75) is 13.3 Å². The van der Waals surface area contributed by atoms with Crippen LogP contribution in [0.3, 0.4) is 0 Å². The predicted molar refractivity (Wildman–Crippen MR) is 40.9 cm³/mol. The molecule has 0 amide bonds. The number of rotatable bonds is 2. The van der Waals surface area contributed by atoms with E-state index in [1.165, 1.54) is 6.92 Å². The third kappa shape index (κ3) is 1.88. The first kappa shape index (κ1) is 9.77. The Morgan fingerprint density at radius 2 is 1.69 bits per heavy atom. The molecule has 1 aromatic carbocycles. The molecule has 0 radical (unpaired) electrons. The molecule has 1 rings (SSSR count). The highest BCUT2D eigenvalue weighted by Crippen LogP contribution is 2.16. The van der Waals surface area contributed by atoms with Crippen LogP contribution in [0.4, 0.5) is 13.2 Å². The summed E-state index contributed by atoms with van der Waals surface area (Å²) in [5.41, 5.74) is -0.663. The van der Waals surface area contributed by atoms with Crippen molar-refractivity contribution in [1.29, 1.82) is 0 Å². The van der Waals surface area contributed by atoms with Crippen molar-refractivity contribution < 1.29 is 18.0 Å². The molecular weight excluding hydrogens is 181 g/mol. The minimum atomic E-state index is -1.15. The van der Waals surface area contributed by atoms with E-state index in [1.807, 2.05) is 0 Å². The lowest BCUT2D eigenvalue weighted by atomic mass is 10.1. The van der Waals surface area contributed by atoms with E-state index >= 15 is 0 Å². The van der Waals surface area contributed by atoms with Crippen LogP contribution >= 0.6 is 0 Å². The fraction of sp³-hybridized carbons (Fsp3) is 0.222. The van der Waals surface area contributed by atoms with Gasteiger partial charge in [-0.05, 0) is 0 Å². The largest absolute Gasteiger partial charge is 0.294 e. The zero-order chi connectivity index (χ0) is 10.0.